The summed E-state index contributed by atoms with van der Waals surface area (Å²) in [6.45, 7) is 3.91. The van der Waals surface area contributed by atoms with Gasteiger partial charge in [0.2, 0.25) is 5.91 Å². The molecule has 134 valence electrons. The zero-order valence-electron chi connectivity index (χ0n) is 14.9. The number of nitrogens with one attached hydrogen (secondary N) is 1. The minimum Gasteiger partial charge on any atom is -0.445 e. The van der Waals surface area contributed by atoms with Crippen LogP contribution >= 0.6 is 11.6 Å². The zero-order valence-corrected chi connectivity index (χ0v) is 15.6. The molecule has 0 saturated heterocycles. The quantitative estimate of drug-likeness (QED) is 0.630. The summed E-state index contributed by atoms with van der Waals surface area (Å²) in [6.07, 6.45) is 1.79. The molecular formula is C21H21ClN2O2. The molecule has 26 heavy (non-hydrogen) atoms. The molecule has 3 aromatic rings. The van der Waals surface area contributed by atoms with E-state index in [4.69, 9.17) is 16.0 Å². The lowest BCUT2D eigenvalue weighted by atomic mass is 10.1. The van der Waals surface area contributed by atoms with Crippen molar-refractivity contribution in [3.63, 3.8) is 0 Å². The summed E-state index contributed by atoms with van der Waals surface area (Å²) >= 11 is 5.95. The predicted molar refractivity (Wildman–Crippen MR) is 104 cm³/mol. The summed E-state index contributed by atoms with van der Waals surface area (Å²) in [6, 6.07) is 15.3. The average Bonchev–Trinajstić information content (AvgIpc) is 3.02. The van der Waals surface area contributed by atoms with E-state index in [0.717, 1.165) is 23.4 Å². The highest BCUT2D eigenvalue weighted by Crippen LogP contribution is 2.26. The van der Waals surface area contributed by atoms with Gasteiger partial charge in [-0.3, -0.25) is 4.79 Å². The van der Waals surface area contributed by atoms with Gasteiger partial charge in [0, 0.05) is 36.0 Å². The Morgan fingerprint density at radius 1 is 1.12 bits per heavy atom. The summed E-state index contributed by atoms with van der Waals surface area (Å²) in [7, 11) is 0. The second-order valence-corrected chi connectivity index (χ2v) is 6.55. The minimum absolute atomic E-state index is 0.0506. The molecule has 0 unspecified atom stereocenters. The van der Waals surface area contributed by atoms with E-state index < -0.39 is 0 Å². The first kappa shape index (κ1) is 18.2. The molecule has 1 N–H and O–H groups in total. The second-order valence-electron chi connectivity index (χ2n) is 6.11. The number of carbonyl (C=O) groups is 1. The fourth-order valence-electron chi connectivity index (χ4n) is 2.75. The van der Waals surface area contributed by atoms with E-state index in [0.29, 0.717) is 29.5 Å². The van der Waals surface area contributed by atoms with Crippen LogP contribution in [0.1, 0.15) is 30.6 Å². The normalized spacial score (nSPS) is 10.7. The Labute approximate surface area is 158 Å². The molecule has 2 aromatic carbocycles. The van der Waals surface area contributed by atoms with Crippen molar-refractivity contribution in [1.82, 2.24) is 4.98 Å². The van der Waals surface area contributed by atoms with Crippen LogP contribution in [0.2, 0.25) is 5.02 Å². The van der Waals surface area contributed by atoms with Gasteiger partial charge in [-0.2, -0.15) is 0 Å². The number of amides is 1. The first-order valence-corrected chi connectivity index (χ1v) is 9.04. The maximum atomic E-state index is 12.2. The van der Waals surface area contributed by atoms with Crippen molar-refractivity contribution >= 4 is 23.2 Å². The van der Waals surface area contributed by atoms with Crippen LogP contribution in [-0.4, -0.2) is 10.9 Å². The van der Waals surface area contributed by atoms with Gasteiger partial charge in [-0.05, 0) is 36.2 Å². The molecule has 1 heterocycles. The molecule has 0 fully saturated rings. The summed E-state index contributed by atoms with van der Waals surface area (Å²) in [5, 5.41) is 3.59. The number of aryl methyl sites for hydroxylation is 3. The van der Waals surface area contributed by atoms with Gasteiger partial charge in [0.15, 0.2) is 5.89 Å². The lowest BCUT2D eigenvalue weighted by molar-refractivity contribution is -0.116. The van der Waals surface area contributed by atoms with Gasteiger partial charge in [-0.1, -0.05) is 42.8 Å². The third kappa shape index (κ3) is 4.52. The van der Waals surface area contributed by atoms with E-state index >= 15 is 0 Å². The smallest absolute Gasteiger partial charge is 0.224 e. The standard InChI is InChI=1S/C21H21ClN2O2/c1-3-15-4-10-18(11-5-15)24-20(25)13-12-19-21(23-14(2)26-19)16-6-8-17(22)9-7-16/h4-11H,3,12-13H2,1-2H3,(H,24,25). The molecule has 3 rings (SSSR count). The number of hydrogen-bond acceptors (Lipinski definition) is 3. The highest BCUT2D eigenvalue weighted by Gasteiger charge is 2.15. The maximum Gasteiger partial charge on any atom is 0.224 e. The van der Waals surface area contributed by atoms with Crippen LogP contribution in [0.25, 0.3) is 11.3 Å². The van der Waals surface area contributed by atoms with Crippen LogP contribution in [0.15, 0.2) is 52.9 Å². The molecule has 0 aliphatic carbocycles. The number of hydrogen-bond donors (Lipinski definition) is 1. The van der Waals surface area contributed by atoms with Crippen molar-refractivity contribution in [3.8, 4) is 11.3 Å². The molecule has 0 radical (unpaired) electrons. The largest absolute Gasteiger partial charge is 0.445 e. The van der Waals surface area contributed by atoms with Crippen molar-refractivity contribution in [1.29, 1.82) is 0 Å². The summed E-state index contributed by atoms with van der Waals surface area (Å²) in [4.78, 5) is 16.7. The van der Waals surface area contributed by atoms with Gasteiger partial charge in [0.25, 0.3) is 0 Å². The molecule has 0 atom stereocenters. The molecule has 0 aliphatic heterocycles. The average molecular weight is 369 g/mol. The molecule has 5 heteroatoms. The molecule has 4 nitrogen and oxygen atoms in total. The lowest BCUT2D eigenvalue weighted by Crippen LogP contribution is -2.12. The van der Waals surface area contributed by atoms with E-state index in [1.54, 1.807) is 6.92 Å². The molecule has 0 aliphatic rings. The van der Waals surface area contributed by atoms with Gasteiger partial charge in [0.05, 0.1) is 0 Å². The summed E-state index contributed by atoms with van der Waals surface area (Å²) in [5.41, 5.74) is 3.74. The number of halogens is 1. The zero-order chi connectivity index (χ0) is 18.5. The van der Waals surface area contributed by atoms with Crippen LogP contribution in [0.3, 0.4) is 0 Å². The van der Waals surface area contributed by atoms with E-state index in [9.17, 15) is 4.79 Å². The number of benzene rings is 2. The fraction of sp³-hybridized carbons (Fsp3) is 0.238. The lowest BCUT2D eigenvalue weighted by Gasteiger charge is -2.06. The SMILES string of the molecule is CCc1ccc(NC(=O)CCc2oc(C)nc2-c2ccc(Cl)cc2)cc1. The van der Waals surface area contributed by atoms with Crippen molar-refractivity contribution in [2.45, 2.75) is 33.1 Å². The second kappa shape index (κ2) is 8.19. The first-order chi connectivity index (χ1) is 12.5. The van der Waals surface area contributed by atoms with Gasteiger partial charge < -0.3 is 9.73 Å². The molecular weight excluding hydrogens is 348 g/mol. The first-order valence-electron chi connectivity index (χ1n) is 8.66. The molecule has 0 bridgehead atoms. The van der Waals surface area contributed by atoms with Crippen molar-refractivity contribution < 1.29 is 9.21 Å². The van der Waals surface area contributed by atoms with Crippen LogP contribution < -0.4 is 5.32 Å². The van der Waals surface area contributed by atoms with Gasteiger partial charge in [-0.25, -0.2) is 4.98 Å². The Morgan fingerprint density at radius 3 is 2.46 bits per heavy atom. The summed E-state index contributed by atoms with van der Waals surface area (Å²) < 4.78 is 5.71. The molecule has 1 aromatic heterocycles. The van der Waals surface area contributed by atoms with Crippen LogP contribution in [0.4, 0.5) is 5.69 Å². The van der Waals surface area contributed by atoms with Crippen molar-refractivity contribution in [3.05, 3.63) is 70.8 Å². The number of oxazole rings is 1. The number of carbonyl (C=O) groups excluding carboxylic acids is 1. The number of aromatic nitrogens is 1. The van der Waals surface area contributed by atoms with Gasteiger partial charge >= 0.3 is 0 Å². The Morgan fingerprint density at radius 2 is 1.81 bits per heavy atom. The van der Waals surface area contributed by atoms with Crippen molar-refractivity contribution in [2.24, 2.45) is 0 Å². The predicted octanol–water partition coefficient (Wildman–Crippen LogP) is 5.44. The molecule has 0 saturated carbocycles. The molecule has 1 amide bonds. The topological polar surface area (TPSA) is 55.1 Å². The van der Waals surface area contributed by atoms with Gasteiger partial charge in [0.1, 0.15) is 11.5 Å². The Balaban J connectivity index is 1.65. The molecule has 0 spiro atoms. The fourth-order valence-corrected chi connectivity index (χ4v) is 2.87. The third-order valence-electron chi connectivity index (χ3n) is 4.15. The summed E-state index contributed by atoms with van der Waals surface area (Å²) in [5.74, 6) is 1.24. The Bertz CT molecular complexity index is 883. The number of anilines is 1. The number of nitrogens with zero attached hydrogens (tertiary/aromatic N) is 1. The Kier molecular flexibility index (Phi) is 5.74. The maximum absolute atomic E-state index is 12.2. The highest BCUT2D eigenvalue weighted by atomic mass is 35.5. The third-order valence-corrected chi connectivity index (χ3v) is 4.40. The van der Waals surface area contributed by atoms with Gasteiger partial charge in [-0.15, -0.1) is 0 Å². The van der Waals surface area contributed by atoms with Crippen LogP contribution in [0, 0.1) is 6.92 Å². The van der Waals surface area contributed by atoms with E-state index in [2.05, 4.69) is 17.2 Å². The van der Waals surface area contributed by atoms with E-state index in [1.807, 2.05) is 48.5 Å². The Hall–Kier alpha value is -2.59. The van der Waals surface area contributed by atoms with Crippen LogP contribution in [0.5, 0.6) is 0 Å². The van der Waals surface area contributed by atoms with E-state index in [-0.39, 0.29) is 5.91 Å². The van der Waals surface area contributed by atoms with Crippen LogP contribution in [-0.2, 0) is 17.6 Å². The van der Waals surface area contributed by atoms with E-state index in [1.165, 1.54) is 5.56 Å². The highest BCUT2D eigenvalue weighted by molar-refractivity contribution is 6.30. The van der Waals surface area contributed by atoms with Crippen molar-refractivity contribution in [2.75, 3.05) is 5.32 Å². The monoisotopic (exact) mass is 368 g/mol. The minimum atomic E-state index is -0.0506. The number of rotatable bonds is 6.